The fourth-order valence-electron chi connectivity index (χ4n) is 2.85. The van der Waals surface area contributed by atoms with Gasteiger partial charge in [0.05, 0.1) is 18.8 Å². The van der Waals surface area contributed by atoms with E-state index >= 15 is 0 Å². The molecule has 19 heavy (non-hydrogen) atoms. The second-order valence-electron chi connectivity index (χ2n) is 5.42. The summed E-state index contributed by atoms with van der Waals surface area (Å²) in [5, 5.41) is 3.22. The molecule has 0 radical (unpaired) electrons. The van der Waals surface area contributed by atoms with Gasteiger partial charge >= 0.3 is 0 Å². The van der Waals surface area contributed by atoms with E-state index in [1.54, 1.807) is 6.07 Å². The van der Waals surface area contributed by atoms with Crippen LogP contribution in [0.4, 0.5) is 4.39 Å². The molecule has 2 unspecified atom stereocenters. The van der Waals surface area contributed by atoms with E-state index < -0.39 is 0 Å². The lowest BCUT2D eigenvalue weighted by Crippen LogP contribution is -2.46. The van der Waals surface area contributed by atoms with Gasteiger partial charge in [-0.3, -0.25) is 0 Å². The molecule has 3 nitrogen and oxygen atoms in total. The van der Waals surface area contributed by atoms with Gasteiger partial charge in [0.2, 0.25) is 0 Å². The molecule has 2 atom stereocenters. The van der Waals surface area contributed by atoms with Crippen LogP contribution in [0.25, 0.3) is 0 Å². The van der Waals surface area contributed by atoms with Crippen LogP contribution in [0.3, 0.4) is 0 Å². The van der Waals surface area contributed by atoms with Crippen molar-refractivity contribution < 1.29 is 9.13 Å². The van der Waals surface area contributed by atoms with Crippen LogP contribution in [0.2, 0.25) is 0 Å². The van der Waals surface area contributed by atoms with Gasteiger partial charge in [0.1, 0.15) is 5.82 Å². The molecule has 106 valence electrons. The summed E-state index contributed by atoms with van der Waals surface area (Å²) in [6.45, 7) is 6.33. The molecule has 1 fully saturated rings. The minimum Gasteiger partial charge on any atom is -0.374 e. The van der Waals surface area contributed by atoms with Gasteiger partial charge in [-0.25, -0.2) is 4.39 Å². The minimum absolute atomic E-state index is 0.0142. The Hall–Kier alpha value is -0.970. The lowest BCUT2D eigenvalue weighted by Gasteiger charge is -2.36. The summed E-state index contributed by atoms with van der Waals surface area (Å²) in [6.07, 6.45) is -0.0142. The zero-order chi connectivity index (χ0) is 14.0. The van der Waals surface area contributed by atoms with E-state index in [0.717, 1.165) is 29.8 Å². The molecule has 4 heteroatoms. The Kier molecular flexibility index (Phi) is 4.55. The summed E-state index contributed by atoms with van der Waals surface area (Å²) in [4.78, 5) is 2.22. The summed E-state index contributed by atoms with van der Waals surface area (Å²) in [5.41, 5.74) is 2.66. The van der Waals surface area contributed by atoms with E-state index in [9.17, 15) is 4.39 Å². The Morgan fingerprint density at radius 2 is 2.16 bits per heavy atom. The lowest BCUT2D eigenvalue weighted by atomic mass is 9.94. The average Bonchev–Trinajstić information content (AvgIpc) is 2.33. The van der Waals surface area contributed by atoms with E-state index in [-0.39, 0.29) is 18.0 Å². The maximum Gasteiger partial charge on any atom is 0.128 e. The third kappa shape index (κ3) is 3.14. The predicted octanol–water partition coefficient (Wildman–Crippen LogP) is 2.03. The van der Waals surface area contributed by atoms with E-state index in [1.165, 1.54) is 0 Å². The summed E-state index contributed by atoms with van der Waals surface area (Å²) in [6, 6.07) is 3.51. The Balaban J connectivity index is 2.31. The molecule has 1 aromatic rings. The maximum atomic E-state index is 14.3. The highest BCUT2D eigenvalue weighted by molar-refractivity contribution is 5.35. The van der Waals surface area contributed by atoms with Crippen molar-refractivity contribution in [1.82, 2.24) is 10.2 Å². The quantitative estimate of drug-likeness (QED) is 0.906. The summed E-state index contributed by atoms with van der Waals surface area (Å²) < 4.78 is 20.1. The van der Waals surface area contributed by atoms with Crippen molar-refractivity contribution in [3.05, 3.63) is 34.6 Å². The molecule has 0 saturated carbocycles. The van der Waals surface area contributed by atoms with Gasteiger partial charge < -0.3 is 15.0 Å². The van der Waals surface area contributed by atoms with Gasteiger partial charge in [0, 0.05) is 18.7 Å². The molecular formula is C15H23FN2O. The van der Waals surface area contributed by atoms with Gasteiger partial charge in [-0.05, 0) is 45.1 Å². The van der Waals surface area contributed by atoms with Crippen molar-refractivity contribution in [1.29, 1.82) is 0 Å². The second kappa shape index (κ2) is 5.99. The first-order valence-corrected chi connectivity index (χ1v) is 6.77. The number of nitrogens with one attached hydrogen (secondary N) is 1. The Labute approximate surface area is 114 Å². The van der Waals surface area contributed by atoms with Crippen LogP contribution in [-0.4, -0.2) is 44.8 Å². The largest absolute Gasteiger partial charge is 0.374 e. The predicted molar refractivity (Wildman–Crippen MR) is 74.9 cm³/mol. The molecule has 1 N–H and O–H groups in total. The van der Waals surface area contributed by atoms with Crippen LogP contribution in [0.5, 0.6) is 0 Å². The smallest absolute Gasteiger partial charge is 0.128 e. The normalized spacial score (nSPS) is 22.5. The number of aryl methyl sites for hydroxylation is 2. The second-order valence-corrected chi connectivity index (χ2v) is 5.42. The molecule has 0 spiro atoms. The van der Waals surface area contributed by atoms with Crippen LogP contribution < -0.4 is 5.32 Å². The highest BCUT2D eigenvalue weighted by atomic mass is 19.1. The van der Waals surface area contributed by atoms with Crippen LogP contribution in [0.15, 0.2) is 12.1 Å². The van der Waals surface area contributed by atoms with E-state index in [0.29, 0.717) is 6.61 Å². The van der Waals surface area contributed by atoms with Gasteiger partial charge in [0.15, 0.2) is 0 Å². The first-order valence-electron chi connectivity index (χ1n) is 6.77. The van der Waals surface area contributed by atoms with Gasteiger partial charge in [-0.1, -0.05) is 6.07 Å². The third-order valence-corrected chi connectivity index (χ3v) is 3.77. The van der Waals surface area contributed by atoms with Crippen LogP contribution in [0, 0.1) is 19.7 Å². The number of ether oxygens (including phenoxy) is 1. The van der Waals surface area contributed by atoms with Crippen LogP contribution >= 0.6 is 0 Å². The summed E-state index contributed by atoms with van der Waals surface area (Å²) in [7, 11) is 3.93. The molecule has 0 aliphatic carbocycles. The number of likely N-dealkylation sites (N-methyl/N-ethyl adjacent to an activating group) is 2. The molecule has 1 heterocycles. The molecule has 1 aliphatic heterocycles. The number of hydrogen-bond donors (Lipinski definition) is 1. The fraction of sp³-hybridized carbons (Fsp3) is 0.600. The molecule has 1 saturated heterocycles. The summed E-state index contributed by atoms with van der Waals surface area (Å²) >= 11 is 0. The molecule has 2 rings (SSSR count). The van der Waals surface area contributed by atoms with Crippen LogP contribution in [-0.2, 0) is 4.74 Å². The summed E-state index contributed by atoms with van der Waals surface area (Å²) in [5.74, 6) is -0.145. The van der Waals surface area contributed by atoms with Gasteiger partial charge in [-0.15, -0.1) is 0 Å². The van der Waals surface area contributed by atoms with Crippen molar-refractivity contribution in [2.45, 2.75) is 26.0 Å². The molecule has 0 aromatic heterocycles. The first-order chi connectivity index (χ1) is 9.02. The zero-order valence-electron chi connectivity index (χ0n) is 12.2. The zero-order valence-corrected chi connectivity index (χ0v) is 12.2. The number of benzene rings is 1. The Morgan fingerprint density at radius 3 is 2.74 bits per heavy atom. The minimum atomic E-state index is -0.145. The highest BCUT2D eigenvalue weighted by Gasteiger charge is 2.29. The number of rotatable bonds is 3. The van der Waals surface area contributed by atoms with Gasteiger partial charge in [0.25, 0.3) is 0 Å². The van der Waals surface area contributed by atoms with Crippen molar-refractivity contribution in [2.24, 2.45) is 0 Å². The third-order valence-electron chi connectivity index (χ3n) is 3.77. The van der Waals surface area contributed by atoms with Crippen molar-refractivity contribution in [3.8, 4) is 0 Å². The number of morpholine rings is 1. The molecule has 1 aliphatic rings. The van der Waals surface area contributed by atoms with Crippen molar-refractivity contribution >= 4 is 0 Å². The van der Waals surface area contributed by atoms with E-state index in [1.807, 2.05) is 27.0 Å². The SMILES string of the molecule is CNC(c1c(C)cc(C)cc1F)C1CN(C)CCO1. The van der Waals surface area contributed by atoms with Gasteiger partial charge in [-0.2, -0.15) is 0 Å². The first kappa shape index (κ1) is 14.4. The molecular weight excluding hydrogens is 243 g/mol. The van der Waals surface area contributed by atoms with Crippen LogP contribution in [0.1, 0.15) is 22.7 Å². The van der Waals surface area contributed by atoms with E-state index in [4.69, 9.17) is 4.74 Å². The highest BCUT2D eigenvalue weighted by Crippen LogP contribution is 2.28. The fourth-order valence-corrected chi connectivity index (χ4v) is 2.85. The topological polar surface area (TPSA) is 24.5 Å². The lowest BCUT2D eigenvalue weighted by molar-refractivity contribution is -0.0386. The van der Waals surface area contributed by atoms with Crippen molar-refractivity contribution in [3.63, 3.8) is 0 Å². The Morgan fingerprint density at radius 1 is 1.42 bits per heavy atom. The number of nitrogens with zero attached hydrogens (tertiary/aromatic N) is 1. The standard InChI is InChI=1S/C15H23FN2O/c1-10-7-11(2)14(12(16)8-10)15(17-3)13-9-18(4)5-6-19-13/h7-8,13,15,17H,5-6,9H2,1-4H3. The molecule has 0 bridgehead atoms. The van der Waals surface area contributed by atoms with E-state index in [2.05, 4.69) is 17.3 Å². The number of hydrogen-bond acceptors (Lipinski definition) is 3. The monoisotopic (exact) mass is 266 g/mol. The maximum absolute atomic E-state index is 14.3. The number of halogens is 1. The molecule has 1 aromatic carbocycles. The average molecular weight is 266 g/mol. The molecule has 0 amide bonds. The van der Waals surface area contributed by atoms with Crippen molar-refractivity contribution in [2.75, 3.05) is 33.8 Å². The Bertz CT molecular complexity index is 427.